The van der Waals surface area contributed by atoms with Crippen molar-refractivity contribution in [3.05, 3.63) is 90.2 Å². The van der Waals surface area contributed by atoms with E-state index < -0.39 is 113 Å². The molecule has 6 aliphatic heterocycles. The van der Waals surface area contributed by atoms with Gasteiger partial charge in [0, 0.05) is 78.2 Å². The number of carbonyl (C=O) groups excluding carboxylic acids is 7. The molecule has 1 saturated carbocycles. The SMILES string of the molecule is C#CC1=C(N)CC(=O)C(C2C[C@H](CO)[C@@H](O)[C@H]2O)=C1.C#CC1=C(N)CC(=O)C(C2[C@@H]3OC(C)(C)O[C@@H]3[C@@H](CC)N2C(=O)OC(C)(C)C)=C1.CC[C@@H]1[C@H]2OC(C)(C)O[C@H]2C(C2=CC(I)=C(N)CC2=O)N1C(=O)OC(C)(C)C.CC[C@@H]1[C@H]2OC(C)(C)O[C@H]2C(C2=CC=C(N)CC2=O)N1C(=O)OC(C)(C)C.Cl. The van der Waals surface area contributed by atoms with Crippen LogP contribution in [0, 0.1) is 36.5 Å². The predicted molar refractivity (Wildman–Crippen MR) is 396 cm³/mol. The smallest absolute Gasteiger partial charge is 0.411 e. The monoisotopic (exact) mass is 1580 g/mol. The minimum Gasteiger partial charge on any atom is -0.444 e. The molecule has 3 amide bonds. The summed E-state index contributed by atoms with van der Waals surface area (Å²) >= 11 is 2.12. The summed E-state index contributed by atoms with van der Waals surface area (Å²) < 4.78 is 54.7. The van der Waals surface area contributed by atoms with Gasteiger partial charge in [0.05, 0.1) is 74.1 Å². The van der Waals surface area contributed by atoms with Gasteiger partial charge >= 0.3 is 18.3 Å². The molecular weight excluding hydrogens is 1480 g/mol. The number of allylic oxidation sites excluding steroid dienone is 12. The number of amides is 3. The van der Waals surface area contributed by atoms with E-state index in [-0.39, 0.29) is 104 Å². The number of carbonyl (C=O) groups is 7. The molecule has 5 aliphatic carbocycles. The molecule has 0 aromatic rings. The molecule has 574 valence electrons. The van der Waals surface area contributed by atoms with Gasteiger partial charge in [0.2, 0.25) is 0 Å². The first-order valence-electron chi connectivity index (χ1n) is 35.2. The van der Waals surface area contributed by atoms with Crippen molar-refractivity contribution in [1.29, 1.82) is 0 Å². The Labute approximate surface area is 630 Å². The molecule has 0 bridgehead atoms. The number of nitrogens with two attached hydrogens (primary N) is 4. The first-order valence-corrected chi connectivity index (χ1v) is 36.3. The standard InChI is InChI=1S/C22H30N2O5.C20H29IN2O5.C20H30N2O5.C14H17NO4.ClH/c1-8-12-10-13(16(25)11-14(12)23)17-19-18(27-22(6,7)28-19)15(9-2)24(17)20(26)29-21(3,4)5;1-7-13-16-17(27-20(5,6)26-16)15(23(13)18(25)28-19(2,3)4)10-8-11(21)12(22)9-14(10)24;1-7-13-16-17(26-20(5,6)25-16)15(12-9-8-11(21)10-14(12)23)22(13)18(24)27-19(2,3)4;1-2-7-3-9(12(17)5-11(7)15)10-4-8(6-16)13(18)14(10)19;/h1,10,15,17-19H,9,11,23H2,2-7H3;8,13,15-17H,7,9,22H2,1-6H3;8-9,13,15-17H,7,10,21H2,1-6H3;1,3,8,10,13-14,16,18-19H,4-6,15H2;1H/t15-,17?,18-,19+;2*13-,15?,16-,17+;8-,10?,13-,14+;/m1111./s1. The summed E-state index contributed by atoms with van der Waals surface area (Å²) in [5, 5.41) is 28.9. The van der Waals surface area contributed by atoms with Crippen LogP contribution in [-0.2, 0) is 61.8 Å². The summed E-state index contributed by atoms with van der Waals surface area (Å²) in [4.78, 5) is 94.8. The second kappa shape index (κ2) is 32.1. The van der Waals surface area contributed by atoms with E-state index in [0.29, 0.717) is 81.9 Å². The summed E-state index contributed by atoms with van der Waals surface area (Å²) in [6, 6.07) is -2.58. The Morgan fingerprint density at radius 3 is 1.16 bits per heavy atom. The number of aliphatic hydroxyl groups is 3. The van der Waals surface area contributed by atoms with Crippen LogP contribution in [0.3, 0.4) is 0 Å². The number of likely N-dealkylation sites (tertiary alicyclic amines) is 3. The highest BCUT2D eigenvalue weighted by atomic mass is 127. The topological polar surface area (TPSA) is 377 Å². The van der Waals surface area contributed by atoms with Crippen molar-refractivity contribution in [3.63, 3.8) is 0 Å². The number of Topliss-reactive ketones (excluding diaryl/α,β-unsaturated/α-hetero) is 4. The molecule has 26 nitrogen and oxygen atoms in total. The van der Waals surface area contributed by atoms with E-state index >= 15 is 0 Å². The van der Waals surface area contributed by atoms with Crippen LogP contribution < -0.4 is 22.9 Å². The third-order valence-electron chi connectivity index (χ3n) is 19.4. The number of ether oxygens (including phenoxy) is 9. The highest BCUT2D eigenvalue weighted by Gasteiger charge is 2.64. The Bertz CT molecular complexity index is 3740. The van der Waals surface area contributed by atoms with Crippen LogP contribution in [0.25, 0.3) is 0 Å². The largest absolute Gasteiger partial charge is 0.444 e. The summed E-state index contributed by atoms with van der Waals surface area (Å²) in [5.41, 5.74) is 25.9. The third-order valence-corrected chi connectivity index (χ3v) is 20.4. The molecule has 28 heteroatoms. The van der Waals surface area contributed by atoms with Gasteiger partial charge in [0.1, 0.15) is 53.4 Å². The number of fused-ring (bicyclic) bond motifs is 3. The molecule has 16 atom stereocenters. The fourth-order valence-corrected chi connectivity index (χ4v) is 15.8. The number of aliphatic hydroxyl groups excluding tert-OH is 3. The maximum absolute atomic E-state index is 13.2. The van der Waals surface area contributed by atoms with Gasteiger partial charge in [-0.15, -0.1) is 25.3 Å². The Kier molecular flexibility index (Phi) is 26.1. The van der Waals surface area contributed by atoms with Crippen LogP contribution in [0.5, 0.6) is 0 Å². The molecule has 104 heavy (non-hydrogen) atoms. The lowest BCUT2D eigenvalue weighted by molar-refractivity contribution is -0.165. The Morgan fingerprint density at radius 2 is 0.837 bits per heavy atom. The highest BCUT2D eigenvalue weighted by Crippen LogP contribution is 2.49. The van der Waals surface area contributed by atoms with Crippen LogP contribution in [0.2, 0.25) is 0 Å². The number of halogens is 2. The third kappa shape index (κ3) is 18.3. The van der Waals surface area contributed by atoms with Gasteiger partial charge in [-0.3, -0.25) is 33.9 Å². The molecule has 0 spiro atoms. The minimum absolute atomic E-state index is 0. The lowest BCUT2D eigenvalue weighted by atomic mass is 9.84. The van der Waals surface area contributed by atoms with Crippen molar-refractivity contribution in [3.8, 4) is 24.7 Å². The number of hydrogen-bond acceptors (Lipinski definition) is 23. The second-order valence-corrected chi connectivity index (χ2v) is 33.1. The molecule has 0 radical (unpaired) electrons. The average molecular weight is 1590 g/mol. The van der Waals surface area contributed by atoms with E-state index in [0.717, 1.165) is 3.58 Å². The van der Waals surface area contributed by atoms with E-state index in [9.17, 15) is 43.8 Å². The van der Waals surface area contributed by atoms with Crippen molar-refractivity contribution in [1.82, 2.24) is 14.7 Å². The zero-order valence-corrected chi connectivity index (χ0v) is 65.9. The fraction of sp³-hybridized carbons (Fsp3) is 0.645. The molecule has 0 aromatic carbocycles. The molecule has 11 rings (SSSR count). The van der Waals surface area contributed by atoms with Crippen molar-refractivity contribution in [2.24, 2.45) is 34.8 Å². The van der Waals surface area contributed by atoms with E-state index in [4.69, 9.17) is 83.5 Å². The average Bonchev–Trinajstić information content (AvgIpc) is 1.58. The number of terminal acetylenes is 2. The van der Waals surface area contributed by atoms with Gasteiger partial charge in [0.25, 0.3) is 0 Å². The summed E-state index contributed by atoms with van der Waals surface area (Å²) in [7, 11) is 0. The Hall–Kier alpha value is -6.61. The van der Waals surface area contributed by atoms with Gasteiger partial charge in [-0.05, 0) is 176 Å². The fourth-order valence-electron chi connectivity index (χ4n) is 15.3. The van der Waals surface area contributed by atoms with Crippen LogP contribution >= 0.6 is 35.0 Å². The summed E-state index contributed by atoms with van der Waals surface area (Å²) in [6.07, 6.45) is 15.9. The Balaban J connectivity index is 0.000000195. The van der Waals surface area contributed by atoms with Crippen molar-refractivity contribution in [2.45, 2.75) is 295 Å². The van der Waals surface area contributed by atoms with Gasteiger partial charge in [0.15, 0.2) is 40.5 Å². The second-order valence-electron chi connectivity index (χ2n) is 32.0. The first-order chi connectivity index (χ1) is 47.6. The van der Waals surface area contributed by atoms with Gasteiger partial charge in [-0.25, -0.2) is 14.4 Å². The predicted octanol–water partition coefficient (Wildman–Crippen LogP) is 8.21. The molecule has 7 fully saturated rings. The lowest BCUT2D eigenvalue weighted by Gasteiger charge is -2.36. The zero-order chi connectivity index (χ0) is 77.0. The Morgan fingerprint density at radius 1 is 0.519 bits per heavy atom. The number of nitrogens with zero attached hydrogens (tertiary/aromatic N) is 3. The maximum Gasteiger partial charge on any atom is 0.411 e. The van der Waals surface area contributed by atoms with E-state index in [1.807, 2.05) is 104 Å². The summed E-state index contributed by atoms with van der Waals surface area (Å²) in [6.45, 7) is 33.1. The van der Waals surface area contributed by atoms with E-state index in [2.05, 4.69) is 34.4 Å². The van der Waals surface area contributed by atoms with Gasteiger partial charge in [-0.1, -0.05) is 38.7 Å². The number of rotatable bonds is 8. The van der Waals surface area contributed by atoms with Gasteiger partial charge in [-0.2, -0.15) is 0 Å². The van der Waals surface area contributed by atoms with E-state index in [1.54, 1.807) is 59.8 Å². The molecule has 11 aliphatic rings. The van der Waals surface area contributed by atoms with E-state index in [1.165, 1.54) is 6.08 Å². The molecule has 6 saturated heterocycles. The number of hydrogen-bond donors (Lipinski definition) is 7. The zero-order valence-electron chi connectivity index (χ0n) is 63.0. The number of ketones is 4. The minimum atomic E-state index is -1.06. The van der Waals surface area contributed by atoms with Crippen LogP contribution in [0.1, 0.15) is 176 Å². The molecule has 6 heterocycles. The highest BCUT2D eigenvalue weighted by molar-refractivity contribution is 14.1. The van der Waals surface area contributed by atoms with Crippen LogP contribution in [-0.4, -0.2) is 197 Å². The molecular formula is C76H107ClIN7O19. The summed E-state index contributed by atoms with van der Waals surface area (Å²) in [5.74, 6) is 1.09. The van der Waals surface area contributed by atoms with Crippen LogP contribution in [0.4, 0.5) is 14.4 Å². The molecule has 11 N–H and O–H groups in total. The lowest BCUT2D eigenvalue weighted by Crippen LogP contribution is -2.50. The van der Waals surface area contributed by atoms with Gasteiger partial charge < -0.3 is 80.9 Å². The van der Waals surface area contributed by atoms with Crippen LogP contribution in [0.15, 0.2) is 90.2 Å². The maximum atomic E-state index is 13.2. The molecule has 4 unspecified atom stereocenters. The first kappa shape index (κ1) is 84.6. The van der Waals surface area contributed by atoms with Crippen molar-refractivity contribution in [2.75, 3.05) is 6.61 Å². The van der Waals surface area contributed by atoms with Crippen molar-refractivity contribution >= 4 is 76.4 Å². The van der Waals surface area contributed by atoms with Crippen molar-refractivity contribution < 1.29 is 91.5 Å². The molecule has 0 aromatic heterocycles. The quantitative estimate of drug-likeness (QED) is 0.0683. The normalized spacial score (nSPS) is 32.5.